The van der Waals surface area contributed by atoms with Gasteiger partial charge in [0.25, 0.3) is 5.91 Å². The van der Waals surface area contributed by atoms with Crippen molar-refractivity contribution in [3.63, 3.8) is 0 Å². The van der Waals surface area contributed by atoms with Gasteiger partial charge >= 0.3 is 12.2 Å². The van der Waals surface area contributed by atoms with E-state index < -0.39 is 17.8 Å². The molecule has 0 N–H and O–H groups in total. The maximum atomic E-state index is 13.5. The molecule has 2 aromatic heterocycles. The number of likely N-dealkylation sites (N-methyl/N-ethyl adjacent to an activating group) is 1. The van der Waals surface area contributed by atoms with Crippen molar-refractivity contribution >= 4 is 11.5 Å². The Labute approximate surface area is 196 Å². The zero-order valence-corrected chi connectivity index (χ0v) is 19.2. The smallest absolute Gasteiger partial charge is 0.419 e. The molecule has 0 aliphatic heterocycles. The summed E-state index contributed by atoms with van der Waals surface area (Å²) in [5, 5.41) is 0. The standard InChI is InChI=1S/C24H26F3N5O2/c1-4-32(16(2)15-34-23-29-12-19(13-30-23)24(25,26)27)22(33)20-14-28-17(3)31-21(20)18-10-8-6-5-7-9-11-18/h5-6,9-14,16H,4,7-8,15H2,1-3H3/b6-5-,11-9-,18-10+/t16-/m0/s1. The Hall–Kier alpha value is -3.56. The van der Waals surface area contributed by atoms with Gasteiger partial charge in [0.2, 0.25) is 0 Å². The Morgan fingerprint density at radius 2 is 1.82 bits per heavy atom. The van der Waals surface area contributed by atoms with E-state index in [-0.39, 0.29) is 18.5 Å². The number of nitrogens with zero attached hydrogens (tertiary/aromatic N) is 5. The monoisotopic (exact) mass is 473 g/mol. The summed E-state index contributed by atoms with van der Waals surface area (Å²) in [6.45, 7) is 5.75. The summed E-state index contributed by atoms with van der Waals surface area (Å²) in [5.41, 5.74) is 0.807. The molecule has 1 amide bonds. The SMILES string of the molecule is CCN(C(=O)c1cnc(C)nc1C1=C/C/C=C\C/C=C\1)[C@@H](C)COc1ncc(C(F)(F)F)cn1. The summed E-state index contributed by atoms with van der Waals surface area (Å²) in [7, 11) is 0. The lowest BCUT2D eigenvalue weighted by Crippen LogP contribution is -2.42. The van der Waals surface area contributed by atoms with E-state index in [0.717, 1.165) is 18.4 Å². The van der Waals surface area contributed by atoms with E-state index in [1.54, 1.807) is 18.7 Å². The van der Waals surface area contributed by atoms with Gasteiger partial charge in [-0.2, -0.15) is 13.2 Å². The maximum Gasteiger partial charge on any atom is 0.419 e. The molecule has 0 unspecified atom stereocenters. The molecule has 1 atom stereocenters. The molecular weight excluding hydrogens is 447 g/mol. The first kappa shape index (κ1) is 25.1. The first-order valence-corrected chi connectivity index (χ1v) is 10.9. The van der Waals surface area contributed by atoms with Crippen LogP contribution in [0, 0.1) is 6.92 Å². The molecule has 180 valence electrons. The maximum absolute atomic E-state index is 13.5. The number of allylic oxidation sites excluding steroid dienone is 6. The summed E-state index contributed by atoms with van der Waals surface area (Å²) < 4.78 is 43.5. The number of hydrogen-bond acceptors (Lipinski definition) is 6. The molecule has 34 heavy (non-hydrogen) atoms. The summed E-state index contributed by atoms with van der Waals surface area (Å²) in [4.78, 5) is 31.1. The van der Waals surface area contributed by atoms with Crippen molar-refractivity contribution in [3.8, 4) is 6.01 Å². The summed E-state index contributed by atoms with van der Waals surface area (Å²) in [5.74, 6) is 0.283. The lowest BCUT2D eigenvalue weighted by atomic mass is 10.0. The summed E-state index contributed by atoms with van der Waals surface area (Å²) in [6.07, 6.45) is 9.95. The molecule has 2 aromatic rings. The highest BCUT2D eigenvalue weighted by Crippen LogP contribution is 2.28. The molecule has 0 saturated carbocycles. The second-order valence-corrected chi connectivity index (χ2v) is 7.69. The molecule has 10 heteroatoms. The molecule has 1 aliphatic carbocycles. The predicted octanol–water partition coefficient (Wildman–Crippen LogP) is 4.81. The Morgan fingerprint density at radius 3 is 2.50 bits per heavy atom. The van der Waals surface area contributed by atoms with Gasteiger partial charge in [0.15, 0.2) is 0 Å². The number of hydrogen-bond donors (Lipinski definition) is 0. The van der Waals surface area contributed by atoms with E-state index in [2.05, 4.69) is 32.1 Å². The van der Waals surface area contributed by atoms with Crippen LogP contribution >= 0.6 is 0 Å². The van der Waals surface area contributed by atoms with Crippen molar-refractivity contribution in [1.82, 2.24) is 24.8 Å². The van der Waals surface area contributed by atoms with Crippen LogP contribution in [0.1, 0.15) is 54.1 Å². The second-order valence-electron chi connectivity index (χ2n) is 7.69. The van der Waals surface area contributed by atoms with Crippen molar-refractivity contribution in [1.29, 1.82) is 0 Å². The zero-order valence-electron chi connectivity index (χ0n) is 19.2. The third-order valence-corrected chi connectivity index (χ3v) is 5.17. The van der Waals surface area contributed by atoms with E-state index in [1.165, 1.54) is 6.20 Å². The van der Waals surface area contributed by atoms with Crippen LogP contribution in [0.5, 0.6) is 6.01 Å². The Balaban J connectivity index is 1.78. The van der Waals surface area contributed by atoms with Gasteiger partial charge in [-0.1, -0.05) is 30.4 Å². The number of alkyl halides is 3. The van der Waals surface area contributed by atoms with Crippen LogP contribution in [-0.4, -0.2) is 49.9 Å². The zero-order chi connectivity index (χ0) is 24.7. The fraction of sp³-hybridized carbons (Fsp3) is 0.375. The number of carbonyl (C=O) groups excluding carboxylic acids is 1. The summed E-state index contributed by atoms with van der Waals surface area (Å²) >= 11 is 0. The lowest BCUT2D eigenvalue weighted by molar-refractivity contribution is -0.138. The second kappa shape index (κ2) is 11.0. The van der Waals surface area contributed by atoms with Crippen LogP contribution in [0.3, 0.4) is 0 Å². The summed E-state index contributed by atoms with van der Waals surface area (Å²) in [6, 6.07) is -0.608. The van der Waals surface area contributed by atoms with Crippen molar-refractivity contribution in [2.75, 3.05) is 13.2 Å². The Kier molecular flexibility index (Phi) is 8.14. The van der Waals surface area contributed by atoms with Gasteiger partial charge in [-0.05, 0) is 39.2 Å². The number of halogens is 3. The average Bonchev–Trinajstić information content (AvgIpc) is 2.77. The van der Waals surface area contributed by atoms with Crippen LogP contribution in [-0.2, 0) is 6.18 Å². The third-order valence-electron chi connectivity index (χ3n) is 5.17. The molecule has 0 spiro atoms. The topological polar surface area (TPSA) is 81.1 Å². The quantitative estimate of drug-likeness (QED) is 0.537. The molecule has 0 fully saturated rings. The Morgan fingerprint density at radius 1 is 1.12 bits per heavy atom. The Bertz CT molecular complexity index is 1090. The van der Waals surface area contributed by atoms with Gasteiger partial charge in [0, 0.05) is 25.1 Å². The number of rotatable bonds is 7. The first-order chi connectivity index (χ1) is 16.2. The number of aromatic nitrogens is 4. The molecule has 0 saturated heterocycles. The highest BCUT2D eigenvalue weighted by molar-refractivity contribution is 5.99. The highest BCUT2D eigenvalue weighted by atomic mass is 19.4. The third kappa shape index (κ3) is 6.27. The number of carbonyl (C=O) groups is 1. The molecule has 0 aromatic carbocycles. The predicted molar refractivity (Wildman–Crippen MR) is 121 cm³/mol. The van der Waals surface area contributed by atoms with Gasteiger partial charge in [-0.15, -0.1) is 0 Å². The van der Waals surface area contributed by atoms with Crippen molar-refractivity contribution < 1.29 is 22.7 Å². The van der Waals surface area contributed by atoms with Gasteiger partial charge < -0.3 is 9.64 Å². The molecular formula is C24H26F3N5O2. The van der Waals surface area contributed by atoms with E-state index in [0.29, 0.717) is 36.0 Å². The fourth-order valence-corrected chi connectivity index (χ4v) is 3.38. The van der Waals surface area contributed by atoms with Gasteiger partial charge in [-0.25, -0.2) is 19.9 Å². The molecule has 7 nitrogen and oxygen atoms in total. The van der Waals surface area contributed by atoms with E-state index >= 15 is 0 Å². The minimum absolute atomic E-state index is 0.000387. The van der Waals surface area contributed by atoms with E-state index in [4.69, 9.17) is 4.74 Å². The van der Waals surface area contributed by atoms with Crippen LogP contribution in [0.15, 0.2) is 49.0 Å². The highest BCUT2D eigenvalue weighted by Gasteiger charge is 2.31. The van der Waals surface area contributed by atoms with Crippen LogP contribution in [0.2, 0.25) is 0 Å². The number of aryl methyl sites for hydroxylation is 1. The number of ether oxygens (including phenoxy) is 1. The minimum Gasteiger partial charge on any atom is -0.461 e. The van der Waals surface area contributed by atoms with Crippen molar-refractivity contribution in [2.45, 2.75) is 45.8 Å². The number of amides is 1. The van der Waals surface area contributed by atoms with Gasteiger partial charge in [-0.3, -0.25) is 4.79 Å². The van der Waals surface area contributed by atoms with Crippen LogP contribution in [0.25, 0.3) is 5.57 Å². The van der Waals surface area contributed by atoms with E-state index in [9.17, 15) is 18.0 Å². The van der Waals surface area contributed by atoms with Crippen molar-refractivity contribution in [3.05, 3.63) is 71.6 Å². The molecule has 0 bridgehead atoms. The molecule has 2 heterocycles. The van der Waals surface area contributed by atoms with Gasteiger partial charge in [0.1, 0.15) is 12.4 Å². The van der Waals surface area contributed by atoms with Crippen molar-refractivity contribution in [2.24, 2.45) is 0 Å². The lowest BCUT2D eigenvalue weighted by Gasteiger charge is -2.28. The van der Waals surface area contributed by atoms with E-state index in [1.807, 2.05) is 25.2 Å². The van der Waals surface area contributed by atoms with Crippen LogP contribution in [0.4, 0.5) is 13.2 Å². The first-order valence-electron chi connectivity index (χ1n) is 10.9. The normalized spacial score (nSPS) is 18.1. The van der Waals surface area contributed by atoms with Gasteiger partial charge in [0.05, 0.1) is 22.9 Å². The van der Waals surface area contributed by atoms with Crippen LogP contribution < -0.4 is 4.74 Å². The average molecular weight is 473 g/mol. The molecule has 1 aliphatic rings. The fourth-order valence-electron chi connectivity index (χ4n) is 3.38. The molecule has 3 rings (SSSR count). The largest absolute Gasteiger partial charge is 0.461 e. The minimum atomic E-state index is -4.53. The molecule has 0 radical (unpaired) electrons.